The molecule has 0 N–H and O–H groups in total. The van der Waals surface area contributed by atoms with Gasteiger partial charge in [-0.3, -0.25) is 4.79 Å². The summed E-state index contributed by atoms with van der Waals surface area (Å²) >= 11 is 0. The summed E-state index contributed by atoms with van der Waals surface area (Å²) in [6.07, 6.45) is 3.40. The first-order chi connectivity index (χ1) is 10.2. The lowest BCUT2D eigenvalue weighted by atomic mass is 10.1. The van der Waals surface area contributed by atoms with Crippen molar-refractivity contribution < 1.29 is 9.53 Å². The van der Waals surface area contributed by atoms with Crippen molar-refractivity contribution in [2.45, 2.75) is 13.5 Å². The Morgan fingerprint density at radius 2 is 1.86 bits per heavy atom. The molecule has 0 aliphatic rings. The van der Waals surface area contributed by atoms with Gasteiger partial charge in [-0.05, 0) is 11.6 Å². The second-order valence-electron chi connectivity index (χ2n) is 4.84. The number of hydrogen-bond donors (Lipinski definition) is 0. The van der Waals surface area contributed by atoms with Gasteiger partial charge in [0.25, 0.3) is 0 Å². The number of aromatic nitrogens is 2. The van der Waals surface area contributed by atoms with Crippen LogP contribution in [0.5, 0.6) is 0 Å². The van der Waals surface area contributed by atoms with E-state index in [0.717, 1.165) is 5.56 Å². The van der Waals surface area contributed by atoms with Gasteiger partial charge in [-0.25, -0.2) is 9.97 Å². The second kappa shape index (κ2) is 7.38. The predicted molar refractivity (Wildman–Crippen MR) is 80.7 cm³/mol. The van der Waals surface area contributed by atoms with Crippen LogP contribution in [0.15, 0.2) is 48.8 Å². The average Bonchev–Trinajstić information content (AvgIpc) is 2.55. The molecule has 110 valence electrons. The van der Waals surface area contributed by atoms with Crippen LogP contribution in [0.1, 0.15) is 12.5 Å². The van der Waals surface area contributed by atoms with Crippen LogP contribution in [-0.4, -0.2) is 29.6 Å². The van der Waals surface area contributed by atoms with Gasteiger partial charge in [-0.1, -0.05) is 37.3 Å². The highest BCUT2D eigenvalue weighted by atomic mass is 16.5. The number of benzene rings is 1. The summed E-state index contributed by atoms with van der Waals surface area (Å²) in [6.45, 7) is 2.99. The molecule has 0 unspecified atom stereocenters. The van der Waals surface area contributed by atoms with Crippen molar-refractivity contribution in [2.75, 3.05) is 18.6 Å². The SMILES string of the molecule is COC(=O)[C@@H](C)CN(Cc1ccccc1)c1ncccn1. The summed E-state index contributed by atoms with van der Waals surface area (Å²) in [5.74, 6) is 0.128. The minimum Gasteiger partial charge on any atom is -0.469 e. The number of hydrogen-bond acceptors (Lipinski definition) is 5. The molecule has 1 aromatic carbocycles. The zero-order chi connectivity index (χ0) is 15.1. The molecule has 5 nitrogen and oxygen atoms in total. The molecule has 0 aliphatic carbocycles. The standard InChI is InChI=1S/C16H19N3O2/c1-13(15(20)21-2)11-19(16-17-9-6-10-18-16)12-14-7-4-3-5-8-14/h3-10,13H,11-12H2,1-2H3/t13-/m0/s1. The molecule has 0 saturated heterocycles. The summed E-state index contributed by atoms with van der Waals surface area (Å²) in [5, 5.41) is 0. The topological polar surface area (TPSA) is 55.3 Å². The van der Waals surface area contributed by atoms with Crippen molar-refractivity contribution in [3.63, 3.8) is 0 Å². The van der Waals surface area contributed by atoms with E-state index in [1.807, 2.05) is 42.2 Å². The highest BCUT2D eigenvalue weighted by Crippen LogP contribution is 2.14. The monoisotopic (exact) mass is 285 g/mol. The van der Waals surface area contributed by atoms with Crippen LogP contribution in [0, 0.1) is 5.92 Å². The van der Waals surface area contributed by atoms with Crippen LogP contribution in [0.4, 0.5) is 5.95 Å². The lowest BCUT2D eigenvalue weighted by Gasteiger charge is -2.25. The molecule has 2 rings (SSSR count). The summed E-state index contributed by atoms with van der Waals surface area (Å²) in [4.78, 5) is 22.2. The number of carbonyl (C=O) groups is 1. The molecule has 0 spiro atoms. The fourth-order valence-corrected chi connectivity index (χ4v) is 2.08. The molecule has 0 fully saturated rings. The number of carbonyl (C=O) groups excluding carboxylic acids is 1. The Bertz CT molecular complexity index is 560. The molecule has 2 aromatic rings. The van der Waals surface area contributed by atoms with E-state index >= 15 is 0 Å². The molecule has 0 radical (unpaired) electrons. The van der Waals surface area contributed by atoms with Crippen molar-refractivity contribution in [1.82, 2.24) is 9.97 Å². The summed E-state index contributed by atoms with van der Waals surface area (Å²) < 4.78 is 4.79. The first-order valence-electron chi connectivity index (χ1n) is 6.84. The molecule has 1 atom stereocenters. The van der Waals surface area contributed by atoms with Gasteiger partial charge >= 0.3 is 5.97 Å². The molecular formula is C16H19N3O2. The van der Waals surface area contributed by atoms with E-state index in [4.69, 9.17) is 4.74 Å². The van der Waals surface area contributed by atoms with Crippen LogP contribution < -0.4 is 4.90 Å². The molecule has 0 saturated carbocycles. The van der Waals surface area contributed by atoms with E-state index in [1.54, 1.807) is 18.5 Å². The highest BCUT2D eigenvalue weighted by molar-refractivity contribution is 5.72. The van der Waals surface area contributed by atoms with E-state index in [-0.39, 0.29) is 11.9 Å². The number of methoxy groups -OCH3 is 1. The molecule has 5 heteroatoms. The maximum absolute atomic E-state index is 11.6. The van der Waals surface area contributed by atoms with Crippen LogP contribution in [0.25, 0.3) is 0 Å². The minimum atomic E-state index is -0.248. The third-order valence-corrected chi connectivity index (χ3v) is 3.15. The largest absolute Gasteiger partial charge is 0.469 e. The van der Waals surface area contributed by atoms with E-state index < -0.39 is 0 Å². The van der Waals surface area contributed by atoms with Crippen LogP contribution in [0.2, 0.25) is 0 Å². The smallest absolute Gasteiger partial charge is 0.310 e. The van der Waals surface area contributed by atoms with Gasteiger partial charge in [0.2, 0.25) is 5.95 Å². The van der Waals surface area contributed by atoms with Gasteiger partial charge in [0.05, 0.1) is 13.0 Å². The van der Waals surface area contributed by atoms with Gasteiger partial charge in [0.1, 0.15) is 0 Å². The normalized spacial score (nSPS) is 11.7. The Morgan fingerprint density at radius 3 is 2.48 bits per heavy atom. The van der Waals surface area contributed by atoms with E-state index in [1.165, 1.54) is 7.11 Å². The zero-order valence-electron chi connectivity index (χ0n) is 12.3. The minimum absolute atomic E-state index is 0.232. The molecule has 0 aliphatic heterocycles. The van der Waals surface area contributed by atoms with Crippen molar-refractivity contribution in [3.8, 4) is 0 Å². The van der Waals surface area contributed by atoms with Crippen LogP contribution in [-0.2, 0) is 16.1 Å². The first kappa shape index (κ1) is 15.0. The van der Waals surface area contributed by atoms with Crippen LogP contribution in [0.3, 0.4) is 0 Å². The van der Waals surface area contributed by atoms with E-state index in [9.17, 15) is 4.79 Å². The third kappa shape index (κ3) is 4.27. The zero-order valence-corrected chi connectivity index (χ0v) is 12.3. The van der Waals surface area contributed by atoms with Gasteiger partial charge in [-0.15, -0.1) is 0 Å². The first-order valence-corrected chi connectivity index (χ1v) is 6.84. The summed E-state index contributed by atoms with van der Waals surface area (Å²) in [7, 11) is 1.40. The molecular weight excluding hydrogens is 266 g/mol. The number of ether oxygens (including phenoxy) is 1. The van der Waals surface area contributed by atoms with Gasteiger partial charge in [-0.2, -0.15) is 0 Å². The third-order valence-electron chi connectivity index (χ3n) is 3.15. The molecule has 21 heavy (non-hydrogen) atoms. The predicted octanol–water partition coefficient (Wildman–Crippen LogP) is 2.29. The Labute approximate surface area is 124 Å². The fraction of sp³-hybridized carbons (Fsp3) is 0.312. The highest BCUT2D eigenvalue weighted by Gasteiger charge is 2.19. The van der Waals surface area contributed by atoms with Crippen molar-refractivity contribution in [3.05, 3.63) is 54.4 Å². The van der Waals surface area contributed by atoms with Crippen LogP contribution >= 0.6 is 0 Å². The van der Waals surface area contributed by atoms with Gasteiger partial charge < -0.3 is 9.64 Å². The number of nitrogens with zero attached hydrogens (tertiary/aromatic N) is 3. The van der Waals surface area contributed by atoms with Crippen molar-refractivity contribution >= 4 is 11.9 Å². The Balaban J connectivity index is 2.17. The quantitative estimate of drug-likeness (QED) is 0.762. The summed E-state index contributed by atoms with van der Waals surface area (Å²) in [6, 6.07) is 11.8. The number of esters is 1. The molecule has 0 amide bonds. The second-order valence-corrected chi connectivity index (χ2v) is 4.84. The lowest BCUT2D eigenvalue weighted by molar-refractivity contribution is -0.144. The maximum Gasteiger partial charge on any atom is 0.310 e. The average molecular weight is 285 g/mol. The van der Waals surface area contributed by atoms with Gasteiger partial charge in [0, 0.05) is 25.5 Å². The fourth-order valence-electron chi connectivity index (χ4n) is 2.08. The van der Waals surface area contributed by atoms with E-state index in [0.29, 0.717) is 19.0 Å². The van der Waals surface area contributed by atoms with E-state index in [2.05, 4.69) is 9.97 Å². The Hall–Kier alpha value is -2.43. The molecule has 1 aromatic heterocycles. The maximum atomic E-state index is 11.6. The lowest BCUT2D eigenvalue weighted by Crippen LogP contribution is -2.33. The van der Waals surface area contributed by atoms with Crippen molar-refractivity contribution in [2.24, 2.45) is 5.92 Å². The Kier molecular flexibility index (Phi) is 5.26. The Morgan fingerprint density at radius 1 is 1.19 bits per heavy atom. The number of rotatable bonds is 6. The number of anilines is 1. The molecule has 0 bridgehead atoms. The molecule has 1 heterocycles. The van der Waals surface area contributed by atoms with Gasteiger partial charge in [0.15, 0.2) is 0 Å². The van der Waals surface area contributed by atoms with Crippen molar-refractivity contribution in [1.29, 1.82) is 0 Å². The summed E-state index contributed by atoms with van der Waals surface area (Å²) in [5.41, 5.74) is 1.14.